The summed E-state index contributed by atoms with van der Waals surface area (Å²) in [4.78, 5) is 17.6. The molecule has 2 N–H and O–H groups in total. The summed E-state index contributed by atoms with van der Waals surface area (Å²) in [5.41, 5.74) is 3.77. The molecule has 5 rings (SSSR count). The predicted molar refractivity (Wildman–Crippen MR) is 153 cm³/mol. The maximum absolute atomic E-state index is 12.8. The Hall–Kier alpha value is -3.45. The van der Waals surface area contributed by atoms with E-state index < -0.39 is 0 Å². The molecule has 1 fully saturated rings. The van der Waals surface area contributed by atoms with Crippen LogP contribution < -0.4 is 15.5 Å². The Morgan fingerprint density at radius 3 is 2.31 bits per heavy atom. The Bertz CT molecular complexity index is 1380. The first-order valence-electron chi connectivity index (χ1n) is 12.0. The van der Waals surface area contributed by atoms with Crippen LogP contribution >= 0.6 is 23.8 Å². The van der Waals surface area contributed by atoms with Crippen molar-refractivity contribution in [1.82, 2.24) is 10.2 Å². The molecule has 0 bridgehead atoms. The third-order valence-electron chi connectivity index (χ3n) is 6.48. The fraction of sp³-hybridized carbons (Fsp3) is 0.172. The molecule has 0 aliphatic carbocycles. The number of carbonyl (C=O) groups is 1. The van der Waals surface area contributed by atoms with Crippen LogP contribution in [0.25, 0.3) is 10.8 Å². The van der Waals surface area contributed by atoms with Gasteiger partial charge in [-0.2, -0.15) is 0 Å². The maximum atomic E-state index is 12.8. The minimum atomic E-state index is -0.226. The summed E-state index contributed by atoms with van der Waals surface area (Å²) in [5.74, 6) is -0.226. The van der Waals surface area contributed by atoms with Gasteiger partial charge in [-0.05, 0) is 65.0 Å². The van der Waals surface area contributed by atoms with Crippen molar-refractivity contribution in [2.24, 2.45) is 0 Å². The highest BCUT2D eigenvalue weighted by Crippen LogP contribution is 2.22. The molecule has 1 aliphatic rings. The van der Waals surface area contributed by atoms with Gasteiger partial charge in [-0.25, -0.2) is 0 Å². The summed E-state index contributed by atoms with van der Waals surface area (Å²) >= 11 is 11.7. The molecule has 0 radical (unpaired) electrons. The van der Waals surface area contributed by atoms with Crippen LogP contribution in [0.1, 0.15) is 15.9 Å². The van der Waals surface area contributed by atoms with Crippen molar-refractivity contribution >= 4 is 57.0 Å². The van der Waals surface area contributed by atoms with E-state index in [9.17, 15) is 4.79 Å². The highest BCUT2D eigenvalue weighted by atomic mass is 35.5. The first kappa shape index (κ1) is 24.3. The van der Waals surface area contributed by atoms with E-state index in [1.807, 2.05) is 72.8 Å². The average Bonchev–Trinajstić information content (AvgIpc) is 2.90. The molecule has 5 nitrogen and oxygen atoms in total. The number of benzene rings is 4. The number of piperazine rings is 1. The Labute approximate surface area is 221 Å². The third kappa shape index (κ3) is 5.68. The Morgan fingerprint density at radius 1 is 0.833 bits per heavy atom. The zero-order chi connectivity index (χ0) is 24.9. The second-order valence-corrected chi connectivity index (χ2v) is 9.65. The van der Waals surface area contributed by atoms with Crippen molar-refractivity contribution in [3.63, 3.8) is 0 Å². The molecular weight excluding hydrogens is 488 g/mol. The Balaban J connectivity index is 1.14. The standard InChI is InChI=1S/C29H27ClN4OS/c30-27-11-4-2-7-22(27)20-33-16-18-34(19-17-33)24-14-12-23(13-15-24)31-29(36)32-28(35)26-10-5-8-21-6-1-3-9-25(21)26/h1-15H,16-20H2,(H2,31,32,35,36). The van der Waals surface area contributed by atoms with E-state index in [0.29, 0.717) is 5.56 Å². The van der Waals surface area contributed by atoms with Gasteiger partial charge in [0.2, 0.25) is 0 Å². The monoisotopic (exact) mass is 514 g/mol. The minimum Gasteiger partial charge on any atom is -0.369 e. The van der Waals surface area contributed by atoms with Gasteiger partial charge in [0.25, 0.3) is 5.91 Å². The van der Waals surface area contributed by atoms with Crippen LogP contribution in [0.4, 0.5) is 11.4 Å². The van der Waals surface area contributed by atoms with E-state index in [1.54, 1.807) is 0 Å². The van der Waals surface area contributed by atoms with E-state index in [-0.39, 0.29) is 11.0 Å². The molecule has 7 heteroatoms. The molecule has 0 atom stereocenters. The van der Waals surface area contributed by atoms with Gasteiger partial charge in [0.15, 0.2) is 5.11 Å². The number of nitrogens with one attached hydrogen (secondary N) is 2. The van der Waals surface area contributed by atoms with Crippen LogP contribution in [0.5, 0.6) is 0 Å². The lowest BCUT2D eigenvalue weighted by atomic mass is 10.0. The Kier molecular flexibility index (Phi) is 7.47. The van der Waals surface area contributed by atoms with Gasteiger partial charge in [0, 0.05) is 54.7 Å². The third-order valence-corrected chi connectivity index (χ3v) is 7.05. The fourth-order valence-electron chi connectivity index (χ4n) is 4.54. The number of amides is 1. The molecule has 1 heterocycles. The topological polar surface area (TPSA) is 47.6 Å². The molecule has 0 saturated carbocycles. The van der Waals surface area contributed by atoms with Gasteiger partial charge >= 0.3 is 0 Å². The van der Waals surface area contributed by atoms with Crippen LogP contribution in [0.3, 0.4) is 0 Å². The van der Waals surface area contributed by atoms with E-state index in [0.717, 1.165) is 54.2 Å². The number of nitrogens with zero attached hydrogens (tertiary/aromatic N) is 2. The van der Waals surface area contributed by atoms with Crippen LogP contribution in [0.2, 0.25) is 5.02 Å². The fourth-order valence-corrected chi connectivity index (χ4v) is 4.95. The normalized spacial score (nSPS) is 14.0. The summed E-state index contributed by atoms with van der Waals surface area (Å²) in [5, 5.41) is 8.94. The number of halogens is 1. The van der Waals surface area contributed by atoms with E-state index in [1.165, 1.54) is 11.3 Å². The molecule has 0 spiro atoms. The number of fused-ring (bicyclic) bond motifs is 1. The van der Waals surface area contributed by atoms with E-state index in [4.69, 9.17) is 23.8 Å². The zero-order valence-electron chi connectivity index (χ0n) is 19.8. The number of carbonyl (C=O) groups excluding carboxylic acids is 1. The maximum Gasteiger partial charge on any atom is 0.258 e. The van der Waals surface area contributed by atoms with E-state index in [2.05, 4.69) is 38.6 Å². The number of anilines is 2. The first-order valence-corrected chi connectivity index (χ1v) is 12.8. The van der Waals surface area contributed by atoms with Gasteiger partial charge in [-0.15, -0.1) is 0 Å². The average molecular weight is 515 g/mol. The van der Waals surface area contributed by atoms with Crippen molar-refractivity contribution in [2.45, 2.75) is 6.54 Å². The summed E-state index contributed by atoms with van der Waals surface area (Å²) < 4.78 is 0. The lowest BCUT2D eigenvalue weighted by molar-refractivity contribution is 0.0979. The molecule has 0 unspecified atom stereocenters. The highest BCUT2D eigenvalue weighted by Gasteiger charge is 2.18. The van der Waals surface area contributed by atoms with Crippen LogP contribution in [-0.2, 0) is 6.54 Å². The summed E-state index contributed by atoms with van der Waals surface area (Å²) in [6.07, 6.45) is 0. The second kappa shape index (κ2) is 11.1. The number of hydrogen-bond acceptors (Lipinski definition) is 4. The molecule has 4 aromatic rings. The van der Waals surface area contributed by atoms with Crippen LogP contribution in [0.15, 0.2) is 91.0 Å². The molecular formula is C29H27ClN4OS. The van der Waals surface area contributed by atoms with Crippen molar-refractivity contribution < 1.29 is 4.79 Å². The Morgan fingerprint density at radius 2 is 1.53 bits per heavy atom. The second-order valence-electron chi connectivity index (χ2n) is 8.84. The summed E-state index contributed by atoms with van der Waals surface area (Å²) in [6.45, 7) is 4.75. The molecule has 36 heavy (non-hydrogen) atoms. The summed E-state index contributed by atoms with van der Waals surface area (Å²) in [6, 6.07) is 29.7. The molecule has 1 aliphatic heterocycles. The van der Waals surface area contributed by atoms with Crippen LogP contribution in [0, 0.1) is 0 Å². The predicted octanol–water partition coefficient (Wildman–Crippen LogP) is 5.94. The van der Waals surface area contributed by atoms with Crippen LogP contribution in [-0.4, -0.2) is 42.1 Å². The molecule has 4 aromatic carbocycles. The number of thiocarbonyl (C=S) groups is 1. The largest absolute Gasteiger partial charge is 0.369 e. The first-order chi connectivity index (χ1) is 17.6. The lowest BCUT2D eigenvalue weighted by Crippen LogP contribution is -2.46. The van der Waals surface area contributed by atoms with Crippen molar-refractivity contribution in [3.8, 4) is 0 Å². The molecule has 1 saturated heterocycles. The van der Waals surface area contributed by atoms with Gasteiger partial charge in [0.1, 0.15) is 0 Å². The van der Waals surface area contributed by atoms with E-state index >= 15 is 0 Å². The minimum absolute atomic E-state index is 0.226. The highest BCUT2D eigenvalue weighted by molar-refractivity contribution is 7.80. The van der Waals surface area contributed by atoms with Gasteiger partial charge < -0.3 is 10.2 Å². The lowest BCUT2D eigenvalue weighted by Gasteiger charge is -2.36. The molecule has 182 valence electrons. The van der Waals surface area contributed by atoms with Gasteiger partial charge in [-0.1, -0.05) is 66.2 Å². The molecule has 1 amide bonds. The van der Waals surface area contributed by atoms with Gasteiger partial charge in [0.05, 0.1) is 0 Å². The smallest absolute Gasteiger partial charge is 0.258 e. The SMILES string of the molecule is O=C(NC(=S)Nc1ccc(N2CCN(Cc3ccccc3Cl)CC2)cc1)c1cccc2ccccc12. The quantitative estimate of drug-likeness (QED) is 0.323. The van der Waals surface area contributed by atoms with Crippen molar-refractivity contribution in [1.29, 1.82) is 0 Å². The van der Waals surface area contributed by atoms with Crippen molar-refractivity contribution in [2.75, 3.05) is 36.4 Å². The molecule has 0 aromatic heterocycles. The number of rotatable bonds is 5. The van der Waals surface area contributed by atoms with Crippen molar-refractivity contribution in [3.05, 3.63) is 107 Å². The summed E-state index contributed by atoms with van der Waals surface area (Å²) in [7, 11) is 0. The zero-order valence-corrected chi connectivity index (χ0v) is 21.4. The van der Waals surface area contributed by atoms with Gasteiger partial charge in [-0.3, -0.25) is 15.0 Å². The number of hydrogen-bond donors (Lipinski definition) is 2.